The Morgan fingerprint density at radius 1 is 0.862 bits per heavy atom. The summed E-state index contributed by atoms with van der Waals surface area (Å²) in [7, 11) is 1.29. The molecular weight excluding hydrogens is 813 g/mol. The van der Waals surface area contributed by atoms with Gasteiger partial charge in [-0.2, -0.15) is 0 Å². The summed E-state index contributed by atoms with van der Waals surface area (Å²) in [4.78, 5) is 61.8. The molecule has 0 aromatic carbocycles. The molecule has 1 fully saturated rings. The van der Waals surface area contributed by atoms with Crippen LogP contribution in [0.2, 0.25) is 0 Å². The largest absolute Gasteiger partial charge is 0.468 e. The standard InChI is InChI=1S/C55H72N4O6/c1-13-38-34(8)41-27-43-36(10)40(22-24-48(61)65-26-25-32(6)19-16-18-31(5)21-23-47(60)33(7)20-15-17-30(3)4)52(58-43)50-51(55(63)64-12)54(62)49-37(11)44(59-53(49)50)29-46-39(14-2)35(9)42(57-46)28-45(38)56-41/h13,25,27-31,33,36,40,47,51,60H,1,14-24,26H2,2-12H3/t31-,33+,36-,40-,47+,51+/m0/s1. The van der Waals surface area contributed by atoms with E-state index in [1.807, 2.05) is 44.2 Å². The number of aliphatic imine (C=N–C) groups is 4. The van der Waals surface area contributed by atoms with Crippen molar-refractivity contribution < 1.29 is 29.0 Å². The first-order chi connectivity index (χ1) is 31.0. The molecule has 1 saturated carbocycles. The fraction of sp³-hybridized carbons (Fsp3) is 0.545. The van der Waals surface area contributed by atoms with Crippen LogP contribution in [0.15, 0.2) is 124 Å². The molecule has 8 bridgehead atoms. The maximum absolute atomic E-state index is 14.4. The Labute approximate surface area is 387 Å². The summed E-state index contributed by atoms with van der Waals surface area (Å²) in [5.74, 6) is -1.55. The van der Waals surface area contributed by atoms with Crippen LogP contribution in [-0.4, -0.2) is 65.5 Å². The minimum atomic E-state index is -1.23. The summed E-state index contributed by atoms with van der Waals surface area (Å²) < 4.78 is 11.0. The number of esters is 2. The van der Waals surface area contributed by atoms with Gasteiger partial charge in [0.15, 0.2) is 5.78 Å². The lowest BCUT2D eigenvalue weighted by Crippen LogP contribution is -2.25. The number of hydrogen-bond acceptors (Lipinski definition) is 10. The Balaban J connectivity index is 1.20. The zero-order chi connectivity index (χ0) is 47.3. The van der Waals surface area contributed by atoms with Gasteiger partial charge in [0.05, 0.1) is 53.1 Å². The van der Waals surface area contributed by atoms with Crippen LogP contribution in [0, 0.1) is 35.5 Å². The summed E-state index contributed by atoms with van der Waals surface area (Å²) in [6, 6.07) is 0. The van der Waals surface area contributed by atoms with Crippen molar-refractivity contribution in [2.45, 2.75) is 146 Å². The highest BCUT2D eigenvalue weighted by atomic mass is 16.5. The number of Topliss-reactive ketones (excluding diaryl/α,β-unsaturated/α-hetero) is 1. The van der Waals surface area contributed by atoms with Crippen LogP contribution in [0.5, 0.6) is 0 Å². The van der Waals surface area contributed by atoms with Gasteiger partial charge in [-0.15, -0.1) is 0 Å². The summed E-state index contributed by atoms with van der Waals surface area (Å²) in [6.45, 7) is 25.4. The predicted molar refractivity (Wildman–Crippen MR) is 263 cm³/mol. The van der Waals surface area contributed by atoms with Gasteiger partial charge in [0.1, 0.15) is 12.5 Å². The lowest BCUT2D eigenvalue weighted by molar-refractivity contribution is -0.146. The molecule has 10 heteroatoms. The summed E-state index contributed by atoms with van der Waals surface area (Å²) in [6.07, 6.45) is 19.1. The number of ether oxygens (including phenoxy) is 2. The summed E-state index contributed by atoms with van der Waals surface area (Å²) in [5.41, 5.74) is 12.1. The van der Waals surface area contributed by atoms with E-state index >= 15 is 0 Å². The summed E-state index contributed by atoms with van der Waals surface area (Å²) >= 11 is 0. The number of aliphatic hydroxyl groups is 1. The third-order valence-electron chi connectivity index (χ3n) is 14.4. The number of fused-ring (bicyclic) bond motifs is 4. The highest BCUT2D eigenvalue weighted by molar-refractivity contribution is 6.43. The molecule has 1 N–H and O–H groups in total. The molecule has 5 heterocycles. The molecule has 0 unspecified atom stereocenters. The SMILES string of the molecule is C=CC1=C(C)C2=CC3=NC(=C4C5=NC(=CC6=NC(=CC1=N2)C(C)=C6CC)C(C)=C5C(=O)[C@@H]4C(=O)OC)[C@@H](CCC(=O)OCC=C(C)CCC[C@H](C)CC[C@@H](O)[C@H](C)CCCC(C)C)[C@@H]3C. The third kappa shape index (κ3) is 10.8. The van der Waals surface area contributed by atoms with Crippen molar-refractivity contribution in [3.63, 3.8) is 0 Å². The van der Waals surface area contributed by atoms with Crippen LogP contribution in [0.1, 0.15) is 140 Å². The van der Waals surface area contributed by atoms with Gasteiger partial charge in [-0.1, -0.05) is 79.0 Å². The van der Waals surface area contributed by atoms with E-state index in [4.69, 9.17) is 29.4 Å². The Bertz CT molecular complexity index is 2370. The van der Waals surface area contributed by atoms with Gasteiger partial charge in [-0.3, -0.25) is 19.4 Å². The number of methoxy groups -OCH3 is 1. The second kappa shape index (κ2) is 21.5. The van der Waals surface area contributed by atoms with E-state index in [0.29, 0.717) is 58.0 Å². The number of allylic oxidation sites excluding steroid dienone is 12. The van der Waals surface area contributed by atoms with Crippen LogP contribution in [-0.2, 0) is 23.9 Å². The van der Waals surface area contributed by atoms with Crippen molar-refractivity contribution >= 4 is 40.6 Å². The van der Waals surface area contributed by atoms with Crippen LogP contribution in [0.3, 0.4) is 0 Å². The number of ketones is 1. The fourth-order valence-electron chi connectivity index (χ4n) is 10.0. The van der Waals surface area contributed by atoms with Gasteiger partial charge in [0, 0.05) is 40.7 Å². The molecular formula is C55H72N4O6. The van der Waals surface area contributed by atoms with E-state index in [-0.39, 0.29) is 42.7 Å². The first-order valence-corrected chi connectivity index (χ1v) is 24.1. The molecule has 0 aromatic rings. The molecule has 6 rings (SSSR count). The molecule has 6 atom stereocenters. The molecule has 0 spiro atoms. The smallest absolute Gasteiger partial charge is 0.321 e. The second-order valence-electron chi connectivity index (χ2n) is 19.5. The number of carbonyl (C=O) groups excluding carboxylic acids is 3. The number of nitrogens with zero attached hydrogens (tertiary/aromatic N) is 4. The monoisotopic (exact) mass is 885 g/mol. The molecule has 1 aliphatic carbocycles. The van der Waals surface area contributed by atoms with Crippen molar-refractivity contribution in [2.24, 2.45) is 55.5 Å². The van der Waals surface area contributed by atoms with E-state index in [2.05, 4.69) is 62.0 Å². The highest BCUT2D eigenvalue weighted by Crippen LogP contribution is 2.47. The number of aliphatic hydroxyl groups excluding tert-OH is 1. The minimum absolute atomic E-state index is 0.120. The van der Waals surface area contributed by atoms with Gasteiger partial charge < -0.3 is 14.6 Å². The third-order valence-corrected chi connectivity index (χ3v) is 14.4. The van der Waals surface area contributed by atoms with Crippen molar-refractivity contribution in [3.05, 3.63) is 104 Å². The Morgan fingerprint density at radius 3 is 2.25 bits per heavy atom. The molecule has 348 valence electrons. The topological polar surface area (TPSA) is 139 Å². The van der Waals surface area contributed by atoms with Crippen LogP contribution >= 0.6 is 0 Å². The lowest BCUT2D eigenvalue weighted by atomic mass is 9.83. The molecule has 65 heavy (non-hydrogen) atoms. The zero-order valence-electron chi connectivity index (χ0n) is 40.9. The Hall–Kier alpha value is -5.09. The molecule has 0 saturated heterocycles. The quantitative estimate of drug-likeness (QED) is 0.0733. The Morgan fingerprint density at radius 2 is 1.55 bits per heavy atom. The van der Waals surface area contributed by atoms with Gasteiger partial charge in [-0.25, -0.2) is 15.0 Å². The van der Waals surface area contributed by atoms with Crippen molar-refractivity contribution in [1.29, 1.82) is 0 Å². The van der Waals surface area contributed by atoms with Crippen molar-refractivity contribution in [2.75, 3.05) is 13.7 Å². The lowest BCUT2D eigenvalue weighted by Gasteiger charge is -2.21. The number of hydrogen-bond donors (Lipinski definition) is 1. The normalized spacial score (nSPS) is 23.1. The van der Waals surface area contributed by atoms with Crippen molar-refractivity contribution in [3.8, 4) is 0 Å². The average molecular weight is 885 g/mol. The van der Waals surface area contributed by atoms with Crippen LogP contribution in [0.4, 0.5) is 0 Å². The fourth-order valence-corrected chi connectivity index (χ4v) is 10.0. The van der Waals surface area contributed by atoms with E-state index in [1.54, 1.807) is 0 Å². The van der Waals surface area contributed by atoms with Crippen LogP contribution < -0.4 is 0 Å². The average Bonchev–Trinajstić information content (AvgIpc) is 4.01. The number of carbonyl (C=O) groups is 3. The molecule has 5 aliphatic heterocycles. The van der Waals surface area contributed by atoms with Gasteiger partial charge in [0.2, 0.25) is 0 Å². The second-order valence-corrected chi connectivity index (χ2v) is 19.5. The highest BCUT2D eigenvalue weighted by Gasteiger charge is 2.51. The number of rotatable bonds is 20. The molecule has 10 nitrogen and oxygen atoms in total. The molecule has 0 radical (unpaired) electrons. The van der Waals surface area contributed by atoms with E-state index in [1.165, 1.54) is 25.5 Å². The molecule has 0 amide bonds. The van der Waals surface area contributed by atoms with Gasteiger partial charge in [0.25, 0.3) is 0 Å². The van der Waals surface area contributed by atoms with Crippen LogP contribution in [0.25, 0.3) is 0 Å². The molecule has 6 aliphatic rings. The Kier molecular flexibility index (Phi) is 16.3. The van der Waals surface area contributed by atoms with Gasteiger partial charge in [-0.05, 0) is 137 Å². The predicted octanol–water partition coefficient (Wildman–Crippen LogP) is 11.6. The van der Waals surface area contributed by atoms with E-state index < -0.39 is 11.9 Å². The van der Waals surface area contributed by atoms with Gasteiger partial charge >= 0.3 is 11.9 Å². The summed E-state index contributed by atoms with van der Waals surface area (Å²) in [5, 5.41) is 10.7. The first-order valence-electron chi connectivity index (χ1n) is 24.1. The first kappa shape index (κ1) is 49.3. The van der Waals surface area contributed by atoms with E-state index in [0.717, 1.165) is 95.8 Å². The maximum Gasteiger partial charge on any atom is 0.321 e. The zero-order valence-corrected chi connectivity index (χ0v) is 40.9. The van der Waals surface area contributed by atoms with E-state index in [9.17, 15) is 19.5 Å². The molecule has 0 aromatic heterocycles. The maximum atomic E-state index is 14.4. The van der Waals surface area contributed by atoms with Crippen molar-refractivity contribution in [1.82, 2.24) is 0 Å². The minimum Gasteiger partial charge on any atom is -0.468 e.